The largest absolute Gasteiger partial charge is 0.393 e. The van der Waals surface area contributed by atoms with Crippen molar-refractivity contribution >= 4 is 0 Å². The van der Waals surface area contributed by atoms with Gasteiger partial charge in [-0.25, -0.2) is 0 Å². The molecule has 0 rings (SSSR count). The first-order valence-corrected chi connectivity index (χ1v) is 3.87. The topological polar surface area (TPSA) is 46.2 Å². The molecule has 0 bridgehead atoms. The molecule has 1 radical (unpaired) electrons. The molecule has 0 saturated heterocycles. The second-order valence-corrected chi connectivity index (χ2v) is 2.78. The van der Waals surface area contributed by atoms with Gasteiger partial charge in [0.2, 0.25) is 0 Å². The Morgan fingerprint density at radius 2 is 1.90 bits per heavy atom. The summed E-state index contributed by atoms with van der Waals surface area (Å²) in [5.41, 5.74) is 5.28. The quantitative estimate of drug-likeness (QED) is 0.624. The summed E-state index contributed by atoms with van der Waals surface area (Å²) in [6.07, 6.45) is 1.46. The van der Waals surface area contributed by atoms with Gasteiger partial charge in [-0.1, -0.05) is 13.8 Å². The third-order valence-corrected chi connectivity index (χ3v) is 2.48. The maximum absolute atomic E-state index is 9.35. The zero-order valence-corrected chi connectivity index (χ0v) is 7.09. The number of hydrogen-bond donors (Lipinski definition) is 2. The zero-order chi connectivity index (χ0) is 8.20. The van der Waals surface area contributed by atoms with Crippen LogP contribution in [0.15, 0.2) is 0 Å². The van der Waals surface area contributed by atoms with Gasteiger partial charge in [0, 0.05) is 12.0 Å². The fraction of sp³-hybridized carbons (Fsp3) is 0.875. The van der Waals surface area contributed by atoms with Crippen LogP contribution >= 0.6 is 0 Å². The van der Waals surface area contributed by atoms with Crippen molar-refractivity contribution in [1.82, 2.24) is 0 Å². The van der Waals surface area contributed by atoms with Crippen molar-refractivity contribution in [3.8, 4) is 0 Å². The molecule has 0 saturated carbocycles. The van der Waals surface area contributed by atoms with Crippen LogP contribution in [-0.2, 0) is 0 Å². The first-order valence-electron chi connectivity index (χ1n) is 3.87. The summed E-state index contributed by atoms with van der Waals surface area (Å²) in [6, 6.07) is 0. The van der Waals surface area contributed by atoms with Crippen LogP contribution < -0.4 is 5.73 Å². The number of aliphatic hydroxyl groups is 1. The van der Waals surface area contributed by atoms with E-state index in [1.165, 1.54) is 0 Å². The summed E-state index contributed by atoms with van der Waals surface area (Å²) in [5, 5.41) is 9.35. The van der Waals surface area contributed by atoms with Gasteiger partial charge in [-0.05, 0) is 19.8 Å². The molecule has 0 aromatic heterocycles. The molecule has 0 aliphatic rings. The van der Waals surface area contributed by atoms with E-state index in [1.807, 2.05) is 13.8 Å². The van der Waals surface area contributed by atoms with E-state index >= 15 is 0 Å². The van der Waals surface area contributed by atoms with Crippen LogP contribution in [0.1, 0.15) is 33.6 Å². The maximum atomic E-state index is 9.35. The molecule has 0 heterocycles. The second kappa shape index (κ2) is 3.94. The Kier molecular flexibility index (Phi) is 3.91. The molecule has 10 heavy (non-hydrogen) atoms. The van der Waals surface area contributed by atoms with Crippen LogP contribution in [0, 0.1) is 12.0 Å². The monoisotopic (exact) mass is 144 g/mol. The molecule has 0 aliphatic heterocycles. The van der Waals surface area contributed by atoms with Gasteiger partial charge in [0.15, 0.2) is 0 Å². The van der Waals surface area contributed by atoms with Gasteiger partial charge in [0.1, 0.15) is 0 Å². The van der Waals surface area contributed by atoms with Crippen LogP contribution in [0.5, 0.6) is 0 Å². The van der Waals surface area contributed by atoms with Crippen LogP contribution in [0.4, 0.5) is 0 Å². The van der Waals surface area contributed by atoms with E-state index < -0.39 is 0 Å². The van der Waals surface area contributed by atoms with Crippen molar-refractivity contribution in [3.05, 3.63) is 6.54 Å². The van der Waals surface area contributed by atoms with Crippen LogP contribution in [0.2, 0.25) is 0 Å². The lowest BCUT2D eigenvalue weighted by molar-refractivity contribution is 0.0555. The minimum atomic E-state index is -0.340. The highest BCUT2D eigenvalue weighted by molar-refractivity contribution is 4.90. The predicted octanol–water partition coefficient (Wildman–Crippen LogP) is 1.29. The molecule has 2 heteroatoms. The van der Waals surface area contributed by atoms with Gasteiger partial charge in [0.25, 0.3) is 0 Å². The van der Waals surface area contributed by atoms with Crippen molar-refractivity contribution in [3.63, 3.8) is 0 Å². The third-order valence-electron chi connectivity index (χ3n) is 2.48. The van der Waals surface area contributed by atoms with Crippen LogP contribution in [0.3, 0.4) is 0 Å². The summed E-state index contributed by atoms with van der Waals surface area (Å²) in [6.45, 7) is 7.49. The molecule has 1 atom stereocenters. The van der Waals surface area contributed by atoms with Gasteiger partial charge in [-0.2, -0.15) is 0 Å². The number of aliphatic hydroxyl groups excluding tert-OH is 1. The molecule has 0 aliphatic carbocycles. The Morgan fingerprint density at radius 3 is 1.90 bits per heavy atom. The zero-order valence-electron chi connectivity index (χ0n) is 7.09. The average Bonchev–Trinajstić information content (AvgIpc) is 1.92. The highest BCUT2D eigenvalue weighted by Gasteiger charge is 2.29. The Bertz CT molecular complexity index is 79.0. The number of rotatable bonds is 4. The van der Waals surface area contributed by atoms with Gasteiger partial charge in [0.05, 0.1) is 6.10 Å². The van der Waals surface area contributed by atoms with Gasteiger partial charge >= 0.3 is 0 Å². The molecule has 61 valence electrons. The van der Waals surface area contributed by atoms with E-state index in [0.717, 1.165) is 12.8 Å². The smallest absolute Gasteiger partial charge is 0.0583 e. The molecule has 0 aromatic carbocycles. The molecular formula is C8H18NO. The van der Waals surface area contributed by atoms with E-state index in [-0.39, 0.29) is 11.5 Å². The third kappa shape index (κ3) is 1.70. The summed E-state index contributed by atoms with van der Waals surface area (Å²) < 4.78 is 0. The number of nitrogens with two attached hydrogens (primary N) is 1. The highest BCUT2D eigenvalue weighted by Crippen LogP contribution is 2.31. The van der Waals surface area contributed by atoms with Crippen molar-refractivity contribution in [1.29, 1.82) is 0 Å². The minimum Gasteiger partial charge on any atom is -0.393 e. The molecule has 1 unspecified atom stereocenters. The Hall–Kier alpha value is -0.0800. The molecule has 2 nitrogen and oxygen atoms in total. The SMILES string of the molecule is CCC([CH]N)(CC)C(C)O. The van der Waals surface area contributed by atoms with Gasteiger partial charge < -0.3 is 10.8 Å². The first-order chi connectivity index (χ1) is 4.63. The molecular weight excluding hydrogens is 126 g/mol. The summed E-state index contributed by atoms with van der Waals surface area (Å²) in [5.74, 6) is 0. The van der Waals surface area contributed by atoms with Crippen LogP contribution in [0.25, 0.3) is 0 Å². The second-order valence-electron chi connectivity index (χ2n) is 2.78. The van der Waals surface area contributed by atoms with E-state index in [0.29, 0.717) is 0 Å². The van der Waals surface area contributed by atoms with Crippen molar-refractivity contribution < 1.29 is 5.11 Å². The van der Waals surface area contributed by atoms with Crippen molar-refractivity contribution in [2.75, 3.05) is 0 Å². The average molecular weight is 144 g/mol. The lowest BCUT2D eigenvalue weighted by Gasteiger charge is -2.32. The van der Waals surface area contributed by atoms with Crippen molar-refractivity contribution in [2.45, 2.75) is 39.7 Å². The fourth-order valence-electron chi connectivity index (χ4n) is 1.22. The van der Waals surface area contributed by atoms with Crippen LogP contribution in [-0.4, -0.2) is 11.2 Å². The fourth-order valence-corrected chi connectivity index (χ4v) is 1.22. The van der Waals surface area contributed by atoms with Crippen molar-refractivity contribution in [2.24, 2.45) is 11.1 Å². The first kappa shape index (κ1) is 9.92. The maximum Gasteiger partial charge on any atom is 0.0583 e. The normalized spacial score (nSPS) is 15.3. The van der Waals surface area contributed by atoms with E-state index in [1.54, 1.807) is 13.5 Å². The lowest BCUT2D eigenvalue weighted by atomic mass is 9.78. The van der Waals surface area contributed by atoms with E-state index in [2.05, 4.69) is 0 Å². The van der Waals surface area contributed by atoms with Gasteiger partial charge in [-0.15, -0.1) is 0 Å². The lowest BCUT2D eigenvalue weighted by Crippen LogP contribution is -2.35. The Labute approximate surface area is 63.4 Å². The standard InChI is InChI=1S/C8H18NO/c1-4-8(5-2,6-9)7(3)10/h6-7,10H,4-5,9H2,1-3H3. The molecule has 0 aromatic rings. The highest BCUT2D eigenvalue weighted by atomic mass is 16.3. The summed E-state index contributed by atoms with van der Waals surface area (Å²) in [4.78, 5) is 0. The molecule has 0 spiro atoms. The van der Waals surface area contributed by atoms with E-state index in [9.17, 15) is 5.11 Å². The number of hydrogen-bond acceptors (Lipinski definition) is 2. The molecule has 0 amide bonds. The summed E-state index contributed by atoms with van der Waals surface area (Å²) in [7, 11) is 0. The molecule has 0 fully saturated rings. The van der Waals surface area contributed by atoms with Gasteiger partial charge in [-0.3, -0.25) is 0 Å². The predicted molar refractivity (Wildman–Crippen MR) is 43.2 cm³/mol. The Morgan fingerprint density at radius 1 is 1.50 bits per heavy atom. The van der Waals surface area contributed by atoms with E-state index in [4.69, 9.17) is 5.73 Å². The summed E-state index contributed by atoms with van der Waals surface area (Å²) >= 11 is 0. The minimum absolute atomic E-state index is 0.167. The molecule has 3 N–H and O–H groups in total. The Balaban J connectivity index is 4.15.